The maximum atomic E-state index is 14.1. The van der Waals surface area contributed by atoms with Crippen molar-refractivity contribution in [2.75, 3.05) is 13.1 Å². The van der Waals surface area contributed by atoms with Gasteiger partial charge < -0.3 is 10.1 Å². The summed E-state index contributed by atoms with van der Waals surface area (Å²) >= 11 is 0. The number of rotatable bonds is 3. The number of hydrogen-bond donors (Lipinski definition) is 1. The molecule has 2 heterocycles. The first kappa shape index (κ1) is 13.7. The van der Waals surface area contributed by atoms with Crippen LogP contribution in [-0.4, -0.2) is 24.2 Å². The number of para-hydroxylation sites is 1. The summed E-state index contributed by atoms with van der Waals surface area (Å²) in [7, 11) is 0. The van der Waals surface area contributed by atoms with E-state index < -0.39 is 0 Å². The lowest BCUT2D eigenvalue weighted by Crippen LogP contribution is -2.34. The van der Waals surface area contributed by atoms with Crippen LogP contribution in [0, 0.1) is 17.7 Å². The molecule has 4 heteroatoms. The highest BCUT2D eigenvalue weighted by atomic mass is 19.1. The Hall–Kier alpha value is -1.94. The average Bonchev–Trinajstić information content (AvgIpc) is 2.82. The van der Waals surface area contributed by atoms with Gasteiger partial charge in [-0.2, -0.15) is 0 Å². The molecule has 4 rings (SSSR count). The Morgan fingerprint density at radius 1 is 1.09 bits per heavy atom. The number of halogens is 1. The molecule has 2 aliphatic rings. The number of benzene rings is 1. The second-order valence-electron chi connectivity index (χ2n) is 6.26. The Kier molecular flexibility index (Phi) is 3.54. The molecule has 114 valence electrons. The standard InChI is InChI=1S/C18H19FN2O/c19-16-5-6-20-11-15(16)14-3-1-2-4-17(14)22-18-8-12-7-13(18)10-21-9-12/h1-6,11-13,18,21H,7-10H2/t12-,13-,18+/m1/s1. The number of ether oxygens (including phenoxy) is 1. The highest BCUT2D eigenvalue weighted by molar-refractivity contribution is 5.70. The number of fused-ring (bicyclic) bond motifs is 2. The van der Waals surface area contributed by atoms with Gasteiger partial charge in [0.15, 0.2) is 0 Å². The number of piperidine rings is 1. The van der Waals surface area contributed by atoms with Gasteiger partial charge in [-0.15, -0.1) is 0 Å². The van der Waals surface area contributed by atoms with Crippen LogP contribution >= 0.6 is 0 Å². The summed E-state index contributed by atoms with van der Waals surface area (Å²) in [5.74, 6) is 1.77. The van der Waals surface area contributed by atoms with E-state index in [0.717, 1.165) is 30.8 Å². The molecular formula is C18H19FN2O. The lowest BCUT2D eigenvalue weighted by Gasteiger charge is -2.23. The lowest BCUT2D eigenvalue weighted by atomic mass is 10.0. The summed E-state index contributed by atoms with van der Waals surface area (Å²) in [6.07, 6.45) is 5.57. The Bertz CT molecular complexity index is 676. The molecule has 2 aromatic rings. The minimum Gasteiger partial charge on any atom is -0.489 e. The SMILES string of the molecule is Fc1ccncc1-c1ccccc1O[C@H]1C[C@@H]2CNC[C@H]1C2. The van der Waals surface area contributed by atoms with Crippen LogP contribution in [-0.2, 0) is 0 Å². The Labute approximate surface area is 129 Å². The summed E-state index contributed by atoms with van der Waals surface area (Å²) in [5.41, 5.74) is 1.28. The van der Waals surface area contributed by atoms with E-state index in [1.165, 1.54) is 18.7 Å². The molecule has 1 aliphatic heterocycles. The molecule has 0 radical (unpaired) electrons. The first-order valence-corrected chi connectivity index (χ1v) is 7.87. The highest BCUT2D eigenvalue weighted by Gasteiger charge is 2.38. The summed E-state index contributed by atoms with van der Waals surface area (Å²) in [6.45, 7) is 2.11. The molecule has 1 aliphatic carbocycles. The van der Waals surface area contributed by atoms with Crippen LogP contribution in [0.4, 0.5) is 4.39 Å². The van der Waals surface area contributed by atoms with Gasteiger partial charge in [-0.1, -0.05) is 18.2 Å². The van der Waals surface area contributed by atoms with E-state index in [2.05, 4.69) is 10.3 Å². The van der Waals surface area contributed by atoms with Gasteiger partial charge in [0.1, 0.15) is 17.7 Å². The molecule has 3 nitrogen and oxygen atoms in total. The van der Waals surface area contributed by atoms with E-state index in [4.69, 9.17) is 4.74 Å². The number of pyridine rings is 1. The predicted molar refractivity (Wildman–Crippen MR) is 83.1 cm³/mol. The maximum Gasteiger partial charge on any atom is 0.134 e. The molecule has 0 amide bonds. The molecule has 3 atom stereocenters. The van der Waals surface area contributed by atoms with Gasteiger partial charge in [0.25, 0.3) is 0 Å². The van der Waals surface area contributed by atoms with Crippen molar-refractivity contribution in [2.24, 2.45) is 11.8 Å². The fraction of sp³-hybridized carbons (Fsp3) is 0.389. The summed E-state index contributed by atoms with van der Waals surface area (Å²) < 4.78 is 20.4. The molecule has 1 aromatic heterocycles. The van der Waals surface area contributed by atoms with Crippen LogP contribution in [0.3, 0.4) is 0 Å². The zero-order valence-electron chi connectivity index (χ0n) is 12.3. The third kappa shape index (κ3) is 2.48. The number of nitrogens with zero attached hydrogens (tertiary/aromatic N) is 1. The van der Waals surface area contributed by atoms with Crippen LogP contribution in [0.25, 0.3) is 11.1 Å². The molecule has 0 spiro atoms. The van der Waals surface area contributed by atoms with Crippen LogP contribution in [0.2, 0.25) is 0 Å². The molecule has 0 unspecified atom stereocenters. The van der Waals surface area contributed by atoms with Crippen molar-refractivity contribution < 1.29 is 9.13 Å². The summed E-state index contributed by atoms with van der Waals surface area (Å²) in [4.78, 5) is 4.04. The lowest BCUT2D eigenvalue weighted by molar-refractivity contribution is 0.161. The molecule has 1 aromatic carbocycles. The minimum atomic E-state index is -0.266. The highest BCUT2D eigenvalue weighted by Crippen LogP contribution is 2.39. The number of nitrogens with one attached hydrogen (secondary N) is 1. The van der Waals surface area contributed by atoms with E-state index in [9.17, 15) is 4.39 Å². The Morgan fingerprint density at radius 3 is 2.86 bits per heavy atom. The van der Waals surface area contributed by atoms with Crippen molar-refractivity contribution in [3.8, 4) is 16.9 Å². The van der Waals surface area contributed by atoms with E-state index >= 15 is 0 Å². The van der Waals surface area contributed by atoms with Gasteiger partial charge in [0, 0.05) is 36.0 Å². The van der Waals surface area contributed by atoms with Crippen molar-refractivity contribution in [2.45, 2.75) is 18.9 Å². The van der Waals surface area contributed by atoms with Crippen molar-refractivity contribution in [3.63, 3.8) is 0 Å². The Morgan fingerprint density at radius 2 is 2.00 bits per heavy atom. The van der Waals surface area contributed by atoms with Crippen LogP contribution in [0.1, 0.15) is 12.8 Å². The number of hydrogen-bond acceptors (Lipinski definition) is 3. The average molecular weight is 298 g/mol. The molecular weight excluding hydrogens is 279 g/mol. The van der Waals surface area contributed by atoms with Gasteiger partial charge >= 0.3 is 0 Å². The van der Waals surface area contributed by atoms with Gasteiger partial charge in [-0.05, 0) is 37.4 Å². The van der Waals surface area contributed by atoms with Gasteiger partial charge in [0.2, 0.25) is 0 Å². The fourth-order valence-corrected chi connectivity index (χ4v) is 3.73. The molecule has 1 N–H and O–H groups in total. The second-order valence-corrected chi connectivity index (χ2v) is 6.26. The van der Waals surface area contributed by atoms with Gasteiger partial charge in [-0.25, -0.2) is 4.39 Å². The van der Waals surface area contributed by atoms with E-state index in [1.54, 1.807) is 6.20 Å². The first-order valence-electron chi connectivity index (χ1n) is 7.87. The van der Waals surface area contributed by atoms with Gasteiger partial charge in [-0.3, -0.25) is 4.98 Å². The van der Waals surface area contributed by atoms with E-state index in [-0.39, 0.29) is 11.9 Å². The van der Waals surface area contributed by atoms with Crippen molar-refractivity contribution in [3.05, 3.63) is 48.5 Å². The van der Waals surface area contributed by atoms with Gasteiger partial charge in [0.05, 0.1) is 0 Å². The van der Waals surface area contributed by atoms with Crippen molar-refractivity contribution in [1.29, 1.82) is 0 Å². The molecule has 1 saturated heterocycles. The molecule has 22 heavy (non-hydrogen) atoms. The van der Waals surface area contributed by atoms with E-state index in [0.29, 0.717) is 17.4 Å². The monoisotopic (exact) mass is 298 g/mol. The van der Waals surface area contributed by atoms with Crippen molar-refractivity contribution >= 4 is 0 Å². The third-order valence-electron chi connectivity index (χ3n) is 4.79. The van der Waals surface area contributed by atoms with Crippen molar-refractivity contribution in [1.82, 2.24) is 10.3 Å². The Balaban J connectivity index is 1.64. The van der Waals surface area contributed by atoms with E-state index in [1.807, 2.05) is 24.3 Å². The molecule has 2 fully saturated rings. The van der Waals surface area contributed by atoms with Crippen LogP contribution in [0.15, 0.2) is 42.7 Å². The minimum absolute atomic E-state index is 0.223. The quantitative estimate of drug-likeness (QED) is 0.944. The fourth-order valence-electron chi connectivity index (χ4n) is 3.73. The summed E-state index contributed by atoms with van der Waals surface area (Å²) in [5, 5.41) is 3.47. The normalized spacial score (nSPS) is 26.9. The topological polar surface area (TPSA) is 34.1 Å². The zero-order valence-corrected chi connectivity index (χ0v) is 12.3. The molecule has 1 saturated carbocycles. The molecule has 2 bridgehead atoms. The maximum absolute atomic E-state index is 14.1. The van der Waals surface area contributed by atoms with Crippen LogP contribution < -0.4 is 10.1 Å². The number of aromatic nitrogens is 1. The first-order chi connectivity index (χ1) is 10.8. The predicted octanol–water partition coefficient (Wildman–Crippen LogP) is 3.26. The second kappa shape index (κ2) is 5.69. The smallest absolute Gasteiger partial charge is 0.134 e. The largest absolute Gasteiger partial charge is 0.489 e. The third-order valence-corrected chi connectivity index (χ3v) is 4.79. The van der Waals surface area contributed by atoms with Crippen LogP contribution in [0.5, 0.6) is 5.75 Å². The zero-order chi connectivity index (χ0) is 14.9. The summed E-state index contributed by atoms with van der Waals surface area (Å²) in [6, 6.07) is 9.06.